The van der Waals surface area contributed by atoms with Crippen LogP contribution in [0.2, 0.25) is 0 Å². The van der Waals surface area contributed by atoms with Crippen LogP contribution < -0.4 is 26.2 Å². The minimum atomic E-state index is 0. The number of fused-ring (bicyclic) bond motifs is 2. The molecule has 2 aliphatic rings. The van der Waals surface area contributed by atoms with Crippen molar-refractivity contribution >= 4 is 51.4 Å². The van der Waals surface area contributed by atoms with Crippen molar-refractivity contribution in [2.45, 2.75) is 7.43 Å². The summed E-state index contributed by atoms with van der Waals surface area (Å²) in [6, 6.07) is 42.4. The lowest BCUT2D eigenvalue weighted by Gasteiger charge is -2.28. The van der Waals surface area contributed by atoms with E-state index in [1.54, 1.807) is 0 Å². The molecular weight excluding hydrogens is 805 g/mol. The fourth-order valence-electron chi connectivity index (χ4n) is 6.90. The second-order valence-corrected chi connectivity index (χ2v) is 14.2. The molecule has 0 aliphatic carbocycles. The predicted molar refractivity (Wildman–Crippen MR) is 255 cm³/mol. The van der Waals surface area contributed by atoms with Crippen LogP contribution in [-0.4, -0.2) is 87.8 Å². The minimum absolute atomic E-state index is 0. The molecule has 2 fully saturated rings. The highest BCUT2D eigenvalue weighted by Crippen LogP contribution is 2.27. The number of para-hydroxylation sites is 2. The van der Waals surface area contributed by atoms with Crippen LogP contribution in [0.1, 0.15) is 7.43 Å². The number of aromatic nitrogens is 6. The Balaban J connectivity index is 0.000000164. The van der Waals surface area contributed by atoms with E-state index in [1.165, 1.54) is 0 Å². The lowest BCUT2D eigenvalue weighted by Crippen LogP contribution is -2.37. The van der Waals surface area contributed by atoms with E-state index in [0.29, 0.717) is 44.0 Å². The SMILES string of the molecule is C.C#[N+]c1ccccc1.N#CNc1ccc(-c2nc(N3CCOCC3)c3cccn3n2)cc1.NC(=Nc1ccc(-c2nc(N3CCOCC3)c3cccn3n2)cc1)Nc1ccccc1. The van der Waals surface area contributed by atoms with E-state index in [9.17, 15) is 0 Å². The van der Waals surface area contributed by atoms with Crippen LogP contribution in [0.25, 0.3) is 38.7 Å². The molecule has 0 atom stereocenters. The fraction of sp³-hybridized carbons (Fsp3) is 0.188. The van der Waals surface area contributed by atoms with E-state index >= 15 is 0 Å². The van der Waals surface area contributed by atoms with Crippen molar-refractivity contribution in [1.82, 2.24) is 29.2 Å². The first kappa shape index (κ1) is 43.8. The number of nitrogens with two attached hydrogens (primary N) is 1. The van der Waals surface area contributed by atoms with Crippen molar-refractivity contribution < 1.29 is 9.47 Å². The van der Waals surface area contributed by atoms with Crippen molar-refractivity contribution in [3.05, 3.63) is 151 Å². The Morgan fingerprint density at radius 2 is 1.12 bits per heavy atom. The van der Waals surface area contributed by atoms with Crippen molar-refractivity contribution in [2.24, 2.45) is 10.7 Å². The van der Waals surface area contributed by atoms with Gasteiger partial charge in [0, 0.05) is 73.2 Å². The summed E-state index contributed by atoms with van der Waals surface area (Å²) in [5, 5.41) is 23.7. The first-order chi connectivity index (χ1) is 31.0. The Hall–Kier alpha value is -8.31. The molecule has 0 radical (unpaired) electrons. The molecular formula is C48H49N14O2+. The zero-order valence-corrected chi connectivity index (χ0v) is 34.4. The topological polar surface area (TPSA) is 176 Å². The summed E-state index contributed by atoms with van der Waals surface area (Å²) >= 11 is 0. The van der Waals surface area contributed by atoms with Gasteiger partial charge in [-0.3, -0.25) is 5.32 Å². The van der Waals surface area contributed by atoms with Gasteiger partial charge in [-0.25, -0.2) is 24.0 Å². The molecule has 4 aromatic carbocycles. The van der Waals surface area contributed by atoms with Crippen molar-refractivity contribution in [3.8, 4) is 35.5 Å². The van der Waals surface area contributed by atoms with E-state index in [2.05, 4.69) is 40.5 Å². The minimum Gasteiger partial charge on any atom is -0.378 e. The largest absolute Gasteiger partial charge is 0.378 e. The average molecular weight is 854 g/mol. The van der Waals surface area contributed by atoms with Gasteiger partial charge in [0.1, 0.15) is 11.0 Å². The molecule has 2 aliphatic heterocycles. The van der Waals surface area contributed by atoms with Crippen molar-refractivity contribution in [1.29, 1.82) is 5.26 Å². The first-order valence-corrected chi connectivity index (χ1v) is 20.4. The summed E-state index contributed by atoms with van der Waals surface area (Å²) < 4.78 is 14.7. The van der Waals surface area contributed by atoms with Crippen molar-refractivity contribution in [2.75, 3.05) is 73.0 Å². The van der Waals surface area contributed by atoms with Gasteiger partial charge < -0.3 is 30.3 Å². The van der Waals surface area contributed by atoms with Crippen LogP contribution in [0.5, 0.6) is 0 Å². The van der Waals surface area contributed by atoms with Crippen LogP contribution >= 0.6 is 0 Å². The molecule has 0 bridgehead atoms. The molecule has 4 aromatic heterocycles. The van der Waals surface area contributed by atoms with Gasteiger partial charge in [0.05, 0.1) is 32.1 Å². The summed E-state index contributed by atoms with van der Waals surface area (Å²) in [4.78, 5) is 22.1. The van der Waals surface area contributed by atoms with Gasteiger partial charge in [0.2, 0.25) is 0 Å². The van der Waals surface area contributed by atoms with Crippen LogP contribution in [0, 0.1) is 18.0 Å². The Morgan fingerprint density at radius 1 is 0.641 bits per heavy atom. The number of morpholine rings is 2. The molecule has 4 N–H and O–H groups in total. The average Bonchev–Trinajstić information content (AvgIpc) is 4.04. The second-order valence-electron chi connectivity index (χ2n) is 14.2. The number of nitriles is 1. The van der Waals surface area contributed by atoms with Gasteiger partial charge in [-0.15, -0.1) is 10.2 Å². The smallest absolute Gasteiger partial charge is 0.339 e. The summed E-state index contributed by atoms with van der Waals surface area (Å²) in [6.45, 7) is 11.1. The highest BCUT2D eigenvalue weighted by molar-refractivity contribution is 5.94. The predicted octanol–water partition coefficient (Wildman–Crippen LogP) is 8.33. The molecule has 0 unspecified atom stereocenters. The van der Waals surface area contributed by atoms with Crippen LogP contribution in [-0.2, 0) is 9.47 Å². The van der Waals surface area contributed by atoms with Crippen LogP contribution in [0.3, 0.4) is 0 Å². The third-order valence-electron chi connectivity index (χ3n) is 10.0. The number of nitrogens with zero attached hydrogens (tertiary/aromatic N) is 11. The van der Waals surface area contributed by atoms with Crippen molar-refractivity contribution in [3.63, 3.8) is 0 Å². The quantitative estimate of drug-likeness (QED) is 0.0606. The number of hydrogen-bond donors (Lipinski definition) is 3. The third kappa shape index (κ3) is 10.9. The van der Waals surface area contributed by atoms with E-state index in [1.807, 2.05) is 161 Å². The lowest BCUT2D eigenvalue weighted by molar-refractivity contribution is 0.122. The molecule has 64 heavy (non-hydrogen) atoms. The van der Waals surface area contributed by atoms with E-state index < -0.39 is 0 Å². The van der Waals surface area contributed by atoms with Gasteiger partial charge >= 0.3 is 5.69 Å². The second kappa shape index (κ2) is 21.5. The normalized spacial score (nSPS) is 13.6. The monoisotopic (exact) mass is 853 g/mol. The zero-order valence-electron chi connectivity index (χ0n) is 34.4. The van der Waals surface area contributed by atoms with E-state index in [4.69, 9.17) is 37.0 Å². The van der Waals surface area contributed by atoms with E-state index in [0.717, 1.165) is 82.7 Å². The highest BCUT2D eigenvalue weighted by atomic mass is 16.5. The summed E-state index contributed by atoms with van der Waals surface area (Å²) in [6.07, 6.45) is 5.78. The standard InChI is InChI=1S/C23H23N7O.C17H16N6O.C7H6N.CH4/c24-23(25-18-5-2-1-3-6-18)26-19-10-8-17(9-11-19)21-27-22(29-13-15-31-16-14-29)20-7-4-12-30(20)28-21;18-12-19-14-5-3-13(4-6-14)16-20-17(22-8-10-24-11-9-22)15-2-1-7-23(15)21-16;1-8-7-5-3-2-4-6-7;/h1-12H,13-16H2,(H3,24,25,26);1-7,19H,8-11H2;1-6H;1H4/q;;+1;. The zero-order chi connectivity index (χ0) is 43.2. The molecule has 16 nitrogen and oxygen atoms in total. The summed E-state index contributed by atoms with van der Waals surface area (Å²) in [5.74, 6) is 3.50. The van der Waals surface area contributed by atoms with Crippen LogP contribution in [0.4, 0.5) is 34.4 Å². The molecule has 0 amide bonds. The molecule has 0 spiro atoms. The number of aliphatic imine (C=N–C) groups is 1. The maximum absolute atomic E-state index is 8.68. The lowest BCUT2D eigenvalue weighted by atomic mass is 10.2. The highest BCUT2D eigenvalue weighted by Gasteiger charge is 2.20. The van der Waals surface area contributed by atoms with Crippen LogP contribution in [0.15, 0.2) is 151 Å². The molecule has 322 valence electrons. The number of ether oxygens (including phenoxy) is 2. The molecule has 2 saturated heterocycles. The van der Waals surface area contributed by atoms with Gasteiger partial charge in [0.15, 0.2) is 35.4 Å². The van der Waals surface area contributed by atoms with E-state index in [-0.39, 0.29) is 7.43 Å². The van der Waals surface area contributed by atoms with Gasteiger partial charge in [-0.05, 0) is 89.8 Å². The first-order valence-electron chi connectivity index (χ1n) is 20.4. The van der Waals surface area contributed by atoms with Gasteiger partial charge in [-0.1, -0.05) is 43.8 Å². The third-order valence-corrected chi connectivity index (χ3v) is 10.0. The number of nitrogens with one attached hydrogen (secondary N) is 2. The van der Waals surface area contributed by atoms with Gasteiger partial charge in [-0.2, -0.15) is 5.26 Å². The molecule has 10 rings (SSSR count). The number of rotatable bonds is 7. The Morgan fingerprint density at radius 3 is 1.59 bits per heavy atom. The number of hydrogen-bond acceptors (Lipinski definition) is 11. The molecule has 8 aromatic rings. The fourth-order valence-corrected chi connectivity index (χ4v) is 6.90. The Labute approximate surface area is 371 Å². The summed E-state index contributed by atoms with van der Waals surface area (Å²) in [5.41, 5.74) is 13.0. The Bertz CT molecular complexity index is 2840. The molecule has 0 saturated carbocycles. The number of guanidine groups is 1. The number of anilines is 4. The summed E-state index contributed by atoms with van der Waals surface area (Å²) in [7, 11) is 0. The van der Waals surface area contributed by atoms with Gasteiger partial charge in [0.25, 0.3) is 6.57 Å². The molecule has 16 heteroatoms. The maximum Gasteiger partial charge on any atom is 0.339 e. The maximum atomic E-state index is 8.68. The Kier molecular flexibility index (Phi) is 14.7. The number of benzene rings is 4. The molecule has 6 heterocycles.